The monoisotopic (exact) mass is 418 g/mol. The largest absolute Gasteiger partial charge is 0.353 e. The molecule has 2 amide bonds. The van der Waals surface area contributed by atoms with Crippen LogP contribution in [-0.4, -0.2) is 56.9 Å². The SMILES string of the molecule is CNCCNC(=O)Cn1cc2cc(NC(=O)c3cccc(-c4cn[nH]c4)n3)ccc2n1. The Labute approximate surface area is 178 Å². The Hall–Kier alpha value is -4.05. The fraction of sp³-hybridized carbons (Fsp3) is 0.190. The van der Waals surface area contributed by atoms with Gasteiger partial charge in [-0.3, -0.25) is 19.4 Å². The highest BCUT2D eigenvalue weighted by atomic mass is 16.2. The van der Waals surface area contributed by atoms with E-state index in [0.29, 0.717) is 30.2 Å². The zero-order chi connectivity index (χ0) is 21.6. The summed E-state index contributed by atoms with van der Waals surface area (Å²) in [5.41, 5.74) is 3.12. The summed E-state index contributed by atoms with van der Waals surface area (Å²) in [6.07, 6.45) is 5.15. The van der Waals surface area contributed by atoms with Gasteiger partial charge in [0, 0.05) is 42.1 Å². The van der Waals surface area contributed by atoms with Gasteiger partial charge in [-0.1, -0.05) is 6.07 Å². The van der Waals surface area contributed by atoms with E-state index in [4.69, 9.17) is 0 Å². The zero-order valence-corrected chi connectivity index (χ0v) is 16.9. The molecule has 4 N–H and O–H groups in total. The lowest BCUT2D eigenvalue weighted by atomic mass is 10.2. The van der Waals surface area contributed by atoms with Crippen molar-refractivity contribution in [3.63, 3.8) is 0 Å². The van der Waals surface area contributed by atoms with Crippen LogP contribution in [0.2, 0.25) is 0 Å². The van der Waals surface area contributed by atoms with Crippen LogP contribution in [0.4, 0.5) is 5.69 Å². The molecule has 0 aliphatic heterocycles. The second-order valence-electron chi connectivity index (χ2n) is 6.90. The molecule has 0 bridgehead atoms. The second-order valence-corrected chi connectivity index (χ2v) is 6.90. The molecule has 0 radical (unpaired) electrons. The summed E-state index contributed by atoms with van der Waals surface area (Å²) in [5, 5.41) is 20.5. The third kappa shape index (κ3) is 4.93. The van der Waals surface area contributed by atoms with Gasteiger partial charge in [0.05, 0.1) is 17.4 Å². The number of nitrogens with zero attached hydrogens (tertiary/aromatic N) is 4. The lowest BCUT2D eigenvalue weighted by Crippen LogP contribution is -2.33. The number of carbonyl (C=O) groups is 2. The Bertz CT molecular complexity index is 1200. The van der Waals surface area contributed by atoms with E-state index < -0.39 is 0 Å². The van der Waals surface area contributed by atoms with Gasteiger partial charge < -0.3 is 16.0 Å². The topological polar surface area (TPSA) is 130 Å². The van der Waals surface area contributed by atoms with Crippen LogP contribution in [0.15, 0.2) is 55.0 Å². The van der Waals surface area contributed by atoms with E-state index in [1.165, 1.54) is 0 Å². The molecule has 31 heavy (non-hydrogen) atoms. The number of hydrogen-bond acceptors (Lipinski definition) is 6. The molecule has 0 aliphatic rings. The van der Waals surface area contributed by atoms with Gasteiger partial charge in [-0.25, -0.2) is 4.98 Å². The normalized spacial score (nSPS) is 10.9. The second kappa shape index (κ2) is 9.18. The van der Waals surface area contributed by atoms with Crippen LogP contribution in [0.3, 0.4) is 0 Å². The van der Waals surface area contributed by atoms with Gasteiger partial charge in [0.15, 0.2) is 0 Å². The molecule has 158 valence electrons. The zero-order valence-electron chi connectivity index (χ0n) is 16.9. The van der Waals surface area contributed by atoms with E-state index in [1.54, 1.807) is 47.5 Å². The molecule has 0 fully saturated rings. The van der Waals surface area contributed by atoms with Gasteiger partial charge in [-0.15, -0.1) is 0 Å². The minimum absolute atomic E-state index is 0.111. The molecule has 0 aliphatic carbocycles. The smallest absolute Gasteiger partial charge is 0.274 e. The summed E-state index contributed by atoms with van der Waals surface area (Å²) in [5.74, 6) is -0.429. The first-order valence-electron chi connectivity index (χ1n) is 9.78. The predicted molar refractivity (Wildman–Crippen MR) is 116 cm³/mol. The van der Waals surface area contributed by atoms with Gasteiger partial charge in [-0.05, 0) is 37.4 Å². The number of H-pyrrole nitrogens is 1. The Morgan fingerprint density at radius 3 is 2.87 bits per heavy atom. The fourth-order valence-electron chi connectivity index (χ4n) is 3.07. The highest BCUT2D eigenvalue weighted by molar-refractivity contribution is 6.04. The Kier molecular flexibility index (Phi) is 5.99. The average molecular weight is 418 g/mol. The standard InChI is InChI=1S/C21H22N8O2/c1-22-7-8-23-20(30)13-29-12-14-9-16(5-6-18(14)28-29)26-21(31)19-4-2-3-17(27-19)15-10-24-25-11-15/h2-6,9-12,22H,7-8,13H2,1H3,(H,23,30)(H,24,25)(H,26,31). The molecule has 4 aromatic rings. The number of likely N-dealkylation sites (N-methyl/N-ethyl adjacent to an activating group) is 1. The average Bonchev–Trinajstić information content (AvgIpc) is 3.43. The van der Waals surface area contributed by atoms with E-state index in [1.807, 2.05) is 19.2 Å². The highest BCUT2D eigenvalue weighted by Gasteiger charge is 2.11. The van der Waals surface area contributed by atoms with Crippen molar-refractivity contribution in [2.75, 3.05) is 25.5 Å². The molecule has 3 aromatic heterocycles. The molecule has 4 rings (SSSR count). The van der Waals surface area contributed by atoms with Crippen LogP contribution in [-0.2, 0) is 11.3 Å². The maximum Gasteiger partial charge on any atom is 0.274 e. The number of benzene rings is 1. The quantitative estimate of drug-likeness (QED) is 0.320. The third-order valence-corrected chi connectivity index (χ3v) is 4.59. The van der Waals surface area contributed by atoms with Gasteiger partial charge in [0.25, 0.3) is 5.91 Å². The summed E-state index contributed by atoms with van der Waals surface area (Å²) in [4.78, 5) is 29.1. The number of aromatic amines is 1. The molecule has 0 saturated carbocycles. The van der Waals surface area contributed by atoms with Crippen molar-refractivity contribution >= 4 is 28.4 Å². The van der Waals surface area contributed by atoms with Crippen LogP contribution in [0.1, 0.15) is 10.5 Å². The van der Waals surface area contributed by atoms with E-state index in [-0.39, 0.29) is 18.4 Å². The molecule has 10 heteroatoms. The molecular weight excluding hydrogens is 396 g/mol. The first-order chi connectivity index (χ1) is 15.1. The first kappa shape index (κ1) is 20.2. The highest BCUT2D eigenvalue weighted by Crippen LogP contribution is 2.19. The lowest BCUT2D eigenvalue weighted by Gasteiger charge is -2.06. The van der Waals surface area contributed by atoms with Gasteiger partial charge >= 0.3 is 0 Å². The number of nitrogens with one attached hydrogen (secondary N) is 4. The summed E-state index contributed by atoms with van der Waals surface area (Å²) in [6, 6.07) is 10.6. The number of rotatable bonds is 8. The van der Waals surface area contributed by atoms with E-state index in [9.17, 15) is 9.59 Å². The van der Waals surface area contributed by atoms with Gasteiger partial charge in [0.2, 0.25) is 5.91 Å². The van der Waals surface area contributed by atoms with Crippen molar-refractivity contribution in [3.8, 4) is 11.3 Å². The first-order valence-corrected chi connectivity index (χ1v) is 9.78. The van der Waals surface area contributed by atoms with E-state index in [2.05, 4.69) is 36.2 Å². The predicted octanol–water partition coefficient (Wildman–Crippen LogP) is 1.41. The third-order valence-electron chi connectivity index (χ3n) is 4.59. The van der Waals surface area contributed by atoms with Gasteiger partial charge in [0.1, 0.15) is 12.2 Å². The number of carbonyl (C=O) groups excluding carboxylic acids is 2. The van der Waals surface area contributed by atoms with Crippen LogP contribution in [0.5, 0.6) is 0 Å². The Morgan fingerprint density at radius 1 is 1.16 bits per heavy atom. The molecule has 0 atom stereocenters. The summed E-state index contributed by atoms with van der Waals surface area (Å²) in [7, 11) is 1.83. The van der Waals surface area contributed by atoms with Crippen molar-refractivity contribution in [1.82, 2.24) is 35.6 Å². The number of pyridine rings is 1. The number of fused-ring (bicyclic) bond motifs is 1. The Balaban J connectivity index is 1.45. The molecular formula is C21H22N8O2. The molecule has 10 nitrogen and oxygen atoms in total. The Morgan fingerprint density at radius 2 is 2.06 bits per heavy atom. The summed E-state index contributed by atoms with van der Waals surface area (Å²) >= 11 is 0. The van der Waals surface area contributed by atoms with Gasteiger partial charge in [-0.2, -0.15) is 10.2 Å². The maximum atomic E-state index is 12.7. The fourth-order valence-corrected chi connectivity index (χ4v) is 3.07. The van der Waals surface area contributed by atoms with Crippen molar-refractivity contribution in [2.24, 2.45) is 0 Å². The molecule has 0 saturated heterocycles. The van der Waals surface area contributed by atoms with Crippen LogP contribution in [0, 0.1) is 0 Å². The summed E-state index contributed by atoms with van der Waals surface area (Å²) in [6.45, 7) is 1.39. The van der Waals surface area contributed by atoms with Crippen LogP contribution < -0.4 is 16.0 Å². The van der Waals surface area contributed by atoms with Crippen molar-refractivity contribution in [2.45, 2.75) is 6.54 Å². The number of anilines is 1. The van der Waals surface area contributed by atoms with Crippen molar-refractivity contribution in [3.05, 3.63) is 60.7 Å². The number of amides is 2. The molecule has 0 spiro atoms. The minimum atomic E-state index is -0.319. The number of aromatic nitrogens is 5. The molecule has 0 unspecified atom stereocenters. The van der Waals surface area contributed by atoms with E-state index in [0.717, 1.165) is 16.5 Å². The number of hydrogen-bond donors (Lipinski definition) is 4. The maximum absolute atomic E-state index is 12.7. The minimum Gasteiger partial charge on any atom is -0.353 e. The summed E-state index contributed by atoms with van der Waals surface area (Å²) < 4.78 is 1.58. The van der Waals surface area contributed by atoms with E-state index >= 15 is 0 Å². The molecule has 1 aromatic carbocycles. The van der Waals surface area contributed by atoms with Crippen LogP contribution >= 0.6 is 0 Å². The van der Waals surface area contributed by atoms with Crippen molar-refractivity contribution < 1.29 is 9.59 Å². The lowest BCUT2D eigenvalue weighted by molar-refractivity contribution is -0.121. The molecule has 3 heterocycles. The van der Waals surface area contributed by atoms with Crippen LogP contribution in [0.25, 0.3) is 22.2 Å². The van der Waals surface area contributed by atoms with Crippen molar-refractivity contribution in [1.29, 1.82) is 0 Å².